The number of carbonyl (C=O) groups excluding carboxylic acids is 2. The van der Waals surface area contributed by atoms with E-state index in [2.05, 4.69) is 20.8 Å². The largest absolute Gasteiger partial charge is 0.325 e. The van der Waals surface area contributed by atoms with Gasteiger partial charge in [-0.05, 0) is 42.8 Å². The third-order valence-electron chi connectivity index (χ3n) is 3.91. The highest BCUT2D eigenvalue weighted by Gasteiger charge is 2.32. The maximum atomic E-state index is 13.0. The van der Waals surface area contributed by atoms with Crippen molar-refractivity contribution in [1.29, 1.82) is 0 Å². The zero-order chi connectivity index (χ0) is 21.0. The first kappa shape index (κ1) is 21.3. The quantitative estimate of drug-likeness (QED) is 0.518. The first-order valence-electron chi connectivity index (χ1n) is 8.42. The fourth-order valence-corrected chi connectivity index (χ4v) is 3.79. The van der Waals surface area contributed by atoms with Gasteiger partial charge in [-0.3, -0.25) is 9.59 Å². The van der Waals surface area contributed by atoms with Crippen molar-refractivity contribution in [2.75, 3.05) is 5.32 Å². The molecule has 3 rings (SSSR count). The number of hydrogen-bond acceptors (Lipinski definition) is 5. The summed E-state index contributed by atoms with van der Waals surface area (Å²) in [7, 11) is 0. The first-order valence-corrected chi connectivity index (χ1v) is 10.1. The second-order valence-corrected chi connectivity index (χ2v) is 8.10. The Labute approximate surface area is 180 Å². The van der Waals surface area contributed by atoms with E-state index in [-0.39, 0.29) is 24.1 Å². The summed E-state index contributed by atoms with van der Waals surface area (Å²) in [5.74, 6) is -1.04. The Morgan fingerprint density at radius 3 is 2.66 bits per heavy atom. The van der Waals surface area contributed by atoms with Gasteiger partial charge in [-0.2, -0.15) is 5.10 Å². The van der Waals surface area contributed by atoms with Crippen molar-refractivity contribution in [3.05, 3.63) is 63.9 Å². The van der Waals surface area contributed by atoms with Crippen molar-refractivity contribution in [2.45, 2.75) is 18.6 Å². The summed E-state index contributed by atoms with van der Waals surface area (Å²) in [6.07, 6.45) is -0.0604. The number of halogens is 3. The molecule has 1 atom stereocenters. The van der Waals surface area contributed by atoms with E-state index in [4.69, 9.17) is 23.2 Å². The molecule has 29 heavy (non-hydrogen) atoms. The summed E-state index contributed by atoms with van der Waals surface area (Å²) in [6, 6.07) is 10.5. The number of amidine groups is 1. The normalized spacial score (nSPS) is 18.1. The Hall–Kier alpha value is -2.42. The van der Waals surface area contributed by atoms with Crippen LogP contribution in [0.15, 0.2) is 52.7 Å². The van der Waals surface area contributed by atoms with Crippen LogP contribution in [0.25, 0.3) is 0 Å². The van der Waals surface area contributed by atoms with E-state index in [0.29, 0.717) is 32.2 Å². The molecule has 0 saturated carbocycles. The second kappa shape index (κ2) is 9.39. The van der Waals surface area contributed by atoms with Crippen LogP contribution in [0.1, 0.15) is 18.9 Å². The lowest BCUT2D eigenvalue weighted by atomic mass is 10.1. The summed E-state index contributed by atoms with van der Waals surface area (Å²) < 4.78 is 13.0. The van der Waals surface area contributed by atoms with E-state index in [9.17, 15) is 14.0 Å². The average Bonchev–Trinajstić information content (AvgIpc) is 3.02. The molecular formula is C19H15Cl2FN4O2S. The van der Waals surface area contributed by atoms with Crippen LogP contribution in [-0.2, 0) is 9.59 Å². The fourth-order valence-electron chi connectivity index (χ4n) is 2.42. The third-order valence-corrected chi connectivity index (χ3v) is 5.53. The van der Waals surface area contributed by atoms with Crippen LogP contribution in [0.3, 0.4) is 0 Å². The number of carbonyl (C=O) groups is 2. The lowest BCUT2D eigenvalue weighted by Crippen LogP contribution is -2.28. The van der Waals surface area contributed by atoms with Crippen molar-refractivity contribution in [2.24, 2.45) is 10.2 Å². The van der Waals surface area contributed by atoms with Gasteiger partial charge in [-0.25, -0.2) is 4.39 Å². The predicted octanol–water partition coefficient (Wildman–Crippen LogP) is 4.47. The molecule has 1 fully saturated rings. The zero-order valence-corrected chi connectivity index (χ0v) is 17.4. The smallest absolute Gasteiger partial charge is 0.240 e. The molecule has 2 N–H and O–H groups in total. The lowest BCUT2D eigenvalue weighted by molar-refractivity contribution is -0.122. The molecule has 6 nitrogen and oxygen atoms in total. The van der Waals surface area contributed by atoms with Gasteiger partial charge < -0.3 is 10.6 Å². The van der Waals surface area contributed by atoms with Crippen LogP contribution in [0, 0.1) is 5.82 Å². The SMILES string of the molecule is CC(=NN=C1NC(=O)C(CC(=O)Nc2ccc(Cl)cc2Cl)S1)c1ccc(F)cc1. The van der Waals surface area contributed by atoms with Crippen molar-refractivity contribution in [1.82, 2.24) is 5.32 Å². The molecule has 2 aromatic carbocycles. The molecule has 2 aromatic rings. The number of rotatable bonds is 5. The number of anilines is 1. The number of amides is 2. The molecule has 1 saturated heterocycles. The van der Waals surface area contributed by atoms with Gasteiger partial charge in [0.15, 0.2) is 5.17 Å². The highest BCUT2D eigenvalue weighted by Crippen LogP contribution is 2.27. The van der Waals surface area contributed by atoms with E-state index in [0.717, 1.165) is 11.8 Å². The van der Waals surface area contributed by atoms with Crippen LogP contribution >= 0.6 is 35.0 Å². The molecule has 2 amide bonds. The number of benzene rings is 2. The van der Waals surface area contributed by atoms with Gasteiger partial charge in [0.25, 0.3) is 0 Å². The highest BCUT2D eigenvalue weighted by atomic mass is 35.5. The fraction of sp³-hybridized carbons (Fsp3) is 0.158. The van der Waals surface area contributed by atoms with Crippen molar-refractivity contribution >= 4 is 63.3 Å². The maximum absolute atomic E-state index is 13.0. The Kier molecular flexibility index (Phi) is 6.89. The molecule has 1 aliphatic rings. The van der Waals surface area contributed by atoms with Crippen LogP contribution in [0.4, 0.5) is 10.1 Å². The maximum Gasteiger partial charge on any atom is 0.240 e. The molecular weight excluding hydrogens is 438 g/mol. The zero-order valence-electron chi connectivity index (χ0n) is 15.1. The first-order chi connectivity index (χ1) is 13.8. The molecule has 10 heteroatoms. The monoisotopic (exact) mass is 452 g/mol. The standard InChI is InChI=1S/C19H15Cl2FN4O2S/c1-10(11-2-5-13(22)6-3-11)25-26-19-24-18(28)16(29-19)9-17(27)23-15-7-4-12(20)8-14(15)21/h2-8,16H,9H2,1H3,(H,23,27)(H,24,26,28). The molecule has 0 aromatic heterocycles. The minimum atomic E-state index is -0.638. The molecule has 1 aliphatic heterocycles. The second-order valence-electron chi connectivity index (χ2n) is 6.07. The Morgan fingerprint density at radius 2 is 1.97 bits per heavy atom. The molecule has 0 bridgehead atoms. The molecule has 0 aliphatic carbocycles. The van der Waals surface area contributed by atoms with Crippen LogP contribution in [0.2, 0.25) is 10.0 Å². The minimum absolute atomic E-state index is 0.0604. The van der Waals surface area contributed by atoms with Gasteiger partial charge >= 0.3 is 0 Å². The van der Waals surface area contributed by atoms with Crippen molar-refractivity contribution in [3.8, 4) is 0 Å². The minimum Gasteiger partial charge on any atom is -0.325 e. The summed E-state index contributed by atoms with van der Waals surface area (Å²) in [5, 5.41) is 13.7. The van der Waals surface area contributed by atoms with E-state index < -0.39 is 5.25 Å². The molecule has 150 valence electrons. The number of thioether (sulfide) groups is 1. The number of nitrogens with one attached hydrogen (secondary N) is 2. The Bertz CT molecular complexity index is 1010. The topological polar surface area (TPSA) is 82.9 Å². The van der Waals surface area contributed by atoms with Crippen LogP contribution < -0.4 is 10.6 Å². The average molecular weight is 453 g/mol. The van der Waals surface area contributed by atoms with E-state index in [1.54, 1.807) is 31.2 Å². The van der Waals surface area contributed by atoms with Gasteiger partial charge in [-0.1, -0.05) is 47.1 Å². The Morgan fingerprint density at radius 1 is 1.24 bits per heavy atom. The molecule has 0 radical (unpaired) electrons. The lowest BCUT2D eigenvalue weighted by Gasteiger charge is -2.09. The van der Waals surface area contributed by atoms with E-state index >= 15 is 0 Å². The van der Waals surface area contributed by atoms with E-state index in [1.165, 1.54) is 18.2 Å². The van der Waals surface area contributed by atoms with Gasteiger partial charge in [0.2, 0.25) is 11.8 Å². The summed E-state index contributed by atoms with van der Waals surface area (Å²) in [6.45, 7) is 1.72. The van der Waals surface area contributed by atoms with Crippen molar-refractivity contribution < 1.29 is 14.0 Å². The summed E-state index contributed by atoms with van der Waals surface area (Å²) in [4.78, 5) is 24.4. The van der Waals surface area contributed by atoms with Gasteiger partial charge in [0, 0.05) is 11.4 Å². The highest BCUT2D eigenvalue weighted by molar-refractivity contribution is 8.15. The van der Waals surface area contributed by atoms with Gasteiger partial charge in [0.05, 0.1) is 16.4 Å². The van der Waals surface area contributed by atoms with Crippen LogP contribution in [-0.4, -0.2) is 27.9 Å². The van der Waals surface area contributed by atoms with Crippen LogP contribution in [0.5, 0.6) is 0 Å². The third kappa shape index (κ3) is 5.79. The summed E-state index contributed by atoms with van der Waals surface area (Å²) >= 11 is 13.0. The number of hydrogen-bond donors (Lipinski definition) is 2. The molecule has 1 heterocycles. The Balaban J connectivity index is 1.60. The van der Waals surface area contributed by atoms with Gasteiger partial charge in [0.1, 0.15) is 11.1 Å². The van der Waals surface area contributed by atoms with E-state index in [1.807, 2.05) is 0 Å². The molecule has 0 spiro atoms. The van der Waals surface area contributed by atoms with Gasteiger partial charge in [-0.15, -0.1) is 5.10 Å². The summed E-state index contributed by atoms with van der Waals surface area (Å²) in [5.41, 5.74) is 1.68. The predicted molar refractivity (Wildman–Crippen MR) is 115 cm³/mol. The molecule has 1 unspecified atom stereocenters. The number of nitrogens with zero attached hydrogens (tertiary/aromatic N) is 2. The van der Waals surface area contributed by atoms with Crippen molar-refractivity contribution in [3.63, 3.8) is 0 Å².